The lowest BCUT2D eigenvalue weighted by molar-refractivity contribution is 0.822. The Bertz CT molecular complexity index is 322. The Morgan fingerprint density at radius 1 is 1.50 bits per heavy atom. The molecule has 1 aliphatic rings. The average Bonchev–Trinajstić information content (AvgIpc) is 2.57. The fraction of sp³-hybridized carbons (Fsp3) is 0.500. The maximum Gasteiger partial charge on any atom is 0.0107 e. The third kappa shape index (κ3) is 1.96. The van der Waals surface area contributed by atoms with Gasteiger partial charge in [-0.2, -0.15) is 0 Å². The van der Waals surface area contributed by atoms with Gasteiger partial charge in [0.05, 0.1) is 0 Å². The molecule has 14 heavy (non-hydrogen) atoms. The lowest BCUT2D eigenvalue weighted by Gasteiger charge is -2.06. The van der Waals surface area contributed by atoms with Crippen molar-refractivity contribution in [1.29, 1.82) is 0 Å². The van der Waals surface area contributed by atoms with Gasteiger partial charge in [-0.15, -0.1) is 11.8 Å². The summed E-state index contributed by atoms with van der Waals surface area (Å²) in [5.74, 6) is 1.98. The monoisotopic (exact) mass is 207 g/mol. The van der Waals surface area contributed by atoms with E-state index in [1.807, 2.05) is 11.8 Å². The van der Waals surface area contributed by atoms with Crippen LogP contribution in [0.1, 0.15) is 30.4 Å². The number of hydrogen-bond donors (Lipinski definition) is 1. The third-order valence-electron chi connectivity index (χ3n) is 2.76. The highest BCUT2D eigenvalue weighted by molar-refractivity contribution is 7.99. The summed E-state index contributed by atoms with van der Waals surface area (Å²) in [7, 11) is 0. The molecular formula is C12H17NS. The SMILES string of the molecule is CC1CSc2ccc(CCCN)cc21. The summed E-state index contributed by atoms with van der Waals surface area (Å²) in [6.07, 6.45) is 2.22. The van der Waals surface area contributed by atoms with E-state index in [0.717, 1.165) is 25.3 Å². The second kappa shape index (κ2) is 4.37. The molecule has 0 amide bonds. The van der Waals surface area contributed by atoms with Gasteiger partial charge in [0.2, 0.25) is 0 Å². The van der Waals surface area contributed by atoms with Gasteiger partial charge in [0.1, 0.15) is 0 Å². The fourth-order valence-electron chi connectivity index (χ4n) is 1.88. The molecule has 0 spiro atoms. The van der Waals surface area contributed by atoms with Crippen molar-refractivity contribution >= 4 is 11.8 Å². The van der Waals surface area contributed by atoms with Crippen molar-refractivity contribution < 1.29 is 0 Å². The Kier molecular flexibility index (Phi) is 3.14. The van der Waals surface area contributed by atoms with E-state index in [1.54, 1.807) is 5.56 Å². The minimum absolute atomic E-state index is 0.729. The van der Waals surface area contributed by atoms with E-state index >= 15 is 0 Å². The lowest BCUT2D eigenvalue weighted by Crippen LogP contribution is -2.00. The standard InChI is InChI=1S/C12H17NS/c1-9-8-14-12-5-4-10(3-2-6-13)7-11(9)12/h4-5,7,9H,2-3,6,8,13H2,1H3. The largest absolute Gasteiger partial charge is 0.330 e. The van der Waals surface area contributed by atoms with Gasteiger partial charge in [-0.05, 0) is 42.5 Å². The van der Waals surface area contributed by atoms with E-state index in [2.05, 4.69) is 25.1 Å². The van der Waals surface area contributed by atoms with E-state index in [9.17, 15) is 0 Å². The number of benzene rings is 1. The molecule has 1 aromatic rings. The molecule has 0 saturated carbocycles. The summed E-state index contributed by atoms with van der Waals surface area (Å²) in [5.41, 5.74) is 8.51. The molecule has 0 saturated heterocycles. The molecular weight excluding hydrogens is 190 g/mol. The Morgan fingerprint density at radius 2 is 2.36 bits per heavy atom. The van der Waals surface area contributed by atoms with Crippen molar-refractivity contribution in [2.75, 3.05) is 12.3 Å². The van der Waals surface area contributed by atoms with Crippen LogP contribution in [0.15, 0.2) is 23.1 Å². The molecule has 0 aliphatic carbocycles. The quantitative estimate of drug-likeness (QED) is 0.825. The minimum Gasteiger partial charge on any atom is -0.330 e. The number of rotatable bonds is 3. The predicted molar refractivity (Wildman–Crippen MR) is 63.0 cm³/mol. The first kappa shape index (κ1) is 10.1. The summed E-state index contributed by atoms with van der Waals surface area (Å²) in [6.45, 7) is 3.10. The topological polar surface area (TPSA) is 26.0 Å². The Labute approximate surface area is 90.1 Å². The second-order valence-corrected chi connectivity index (χ2v) is 5.04. The van der Waals surface area contributed by atoms with Gasteiger partial charge in [0.25, 0.3) is 0 Å². The van der Waals surface area contributed by atoms with Gasteiger partial charge in [-0.3, -0.25) is 0 Å². The van der Waals surface area contributed by atoms with E-state index in [1.165, 1.54) is 16.2 Å². The molecule has 2 N–H and O–H groups in total. The summed E-state index contributed by atoms with van der Waals surface area (Å²) in [5, 5.41) is 0. The molecule has 0 bridgehead atoms. The average molecular weight is 207 g/mol. The highest BCUT2D eigenvalue weighted by atomic mass is 32.2. The van der Waals surface area contributed by atoms with E-state index in [-0.39, 0.29) is 0 Å². The van der Waals surface area contributed by atoms with Crippen LogP contribution in [0.25, 0.3) is 0 Å². The van der Waals surface area contributed by atoms with Crippen LogP contribution in [0.5, 0.6) is 0 Å². The summed E-state index contributed by atoms with van der Waals surface area (Å²) in [4.78, 5) is 1.48. The van der Waals surface area contributed by atoms with E-state index in [4.69, 9.17) is 5.73 Å². The molecule has 1 heterocycles. The number of fused-ring (bicyclic) bond motifs is 1. The van der Waals surface area contributed by atoms with Gasteiger partial charge in [0, 0.05) is 10.6 Å². The predicted octanol–water partition coefficient (Wildman–Crippen LogP) is 2.79. The van der Waals surface area contributed by atoms with E-state index in [0.29, 0.717) is 0 Å². The van der Waals surface area contributed by atoms with Gasteiger partial charge in [-0.25, -0.2) is 0 Å². The van der Waals surface area contributed by atoms with Crippen molar-refractivity contribution in [2.24, 2.45) is 5.73 Å². The van der Waals surface area contributed by atoms with Gasteiger partial charge < -0.3 is 5.73 Å². The van der Waals surface area contributed by atoms with E-state index < -0.39 is 0 Å². The van der Waals surface area contributed by atoms with Crippen LogP contribution in [0.3, 0.4) is 0 Å². The first-order chi connectivity index (χ1) is 6.81. The van der Waals surface area contributed by atoms with Gasteiger partial charge >= 0.3 is 0 Å². The highest BCUT2D eigenvalue weighted by Gasteiger charge is 2.18. The minimum atomic E-state index is 0.729. The summed E-state index contributed by atoms with van der Waals surface area (Å²) < 4.78 is 0. The van der Waals surface area contributed by atoms with Crippen molar-refractivity contribution in [1.82, 2.24) is 0 Å². The molecule has 1 atom stereocenters. The van der Waals surface area contributed by atoms with Crippen molar-refractivity contribution in [3.05, 3.63) is 29.3 Å². The van der Waals surface area contributed by atoms with Crippen LogP contribution in [0.4, 0.5) is 0 Å². The Hall–Kier alpha value is -0.470. The van der Waals surface area contributed by atoms with Crippen LogP contribution in [-0.2, 0) is 6.42 Å². The van der Waals surface area contributed by atoms with Crippen molar-refractivity contribution in [2.45, 2.75) is 30.6 Å². The smallest absolute Gasteiger partial charge is 0.0107 e. The lowest BCUT2D eigenvalue weighted by atomic mass is 9.99. The zero-order valence-corrected chi connectivity index (χ0v) is 9.44. The molecule has 0 aromatic heterocycles. The van der Waals surface area contributed by atoms with Gasteiger partial charge in [0.15, 0.2) is 0 Å². The number of hydrogen-bond acceptors (Lipinski definition) is 2. The summed E-state index contributed by atoms with van der Waals surface area (Å²) >= 11 is 1.98. The molecule has 1 aromatic carbocycles. The van der Waals surface area contributed by atoms with Crippen LogP contribution in [0, 0.1) is 0 Å². The molecule has 76 valence electrons. The fourth-order valence-corrected chi connectivity index (χ4v) is 3.08. The first-order valence-electron chi connectivity index (χ1n) is 5.27. The van der Waals surface area contributed by atoms with Crippen LogP contribution in [-0.4, -0.2) is 12.3 Å². The van der Waals surface area contributed by atoms with Crippen molar-refractivity contribution in [3.63, 3.8) is 0 Å². The molecule has 0 radical (unpaired) electrons. The zero-order valence-electron chi connectivity index (χ0n) is 8.62. The zero-order chi connectivity index (χ0) is 9.97. The van der Waals surface area contributed by atoms with Crippen LogP contribution >= 0.6 is 11.8 Å². The number of nitrogens with two attached hydrogens (primary N) is 1. The normalized spacial score (nSPS) is 19.7. The molecule has 2 rings (SSSR count). The van der Waals surface area contributed by atoms with Crippen molar-refractivity contribution in [3.8, 4) is 0 Å². The van der Waals surface area contributed by atoms with Crippen LogP contribution < -0.4 is 5.73 Å². The molecule has 0 fully saturated rings. The Balaban J connectivity index is 2.17. The molecule has 1 nitrogen and oxygen atoms in total. The first-order valence-corrected chi connectivity index (χ1v) is 6.25. The third-order valence-corrected chi connectivity index (χ3v) is 4.11. The Morgan fingerprint density at radius 3 is 3.14 bits per heavy atom. The second-order valence-electron chi connectivity index (χ2n) is 3.98. The van der Waals surface area contributed by atoms with Crippen LogP contribution in [0.2, 0.25) is 0 Å². The summed E-state index contributed by atoms with van der Waals surface area (Å²) in [6, 6.07) is 6.89. The molecule has 2 heteroatoms. The molecule has 1 aliphatic heterocycles. The maximum atomic E-state index is 5.51. The number of aryl methyl sites for hydroxylation is 1. The highest BCUT2D eigenvalue weighted by Crippen LogP contribution is 2.39. The number of thioether (sulfide) groups is 1. The molecule has 1 unspecified atom stereocenters. The van der Waals surface area contributed by atoms with Gasteiger partial charge in [-0.1, -0.05) is 19.1 Å². The maximum absolute atomic E-state index is 5.51.